The quantitative estimate of drug-likeness (QED) is 0.604. The predicted octanol–water partition coefficient (Wildman–Crippen LogP) is 2.55. The minimum atomic E-state index is -0.735. The SMILES string of the molecule is CC1(C)O[C@@H](CBr)[C@H](CCCCC(=O)O)O1. The first-order chi connectivity index (χ1) is 7.44. The molecule has 16 heavy (non-hydrogen) atoms. The largest absolute Gasteiger partial charge is 0.481 e. The lowest BCUT2D eigenvalue weighted by Gasteiger charge is -2.16. The van der Waals surface area contributed by atoms with Crippen molar-refractivity contribution in [2.45, 2.75) is 57.5 Å². The summed E-state index contributed by atoms with van der Waals surface area (Å²) in [5.74, 6) is -1.25. The van der Waals surface area contributed by atoms with Gasteiger partial charge in [0.05, 0.1) is 12.2 Å². The van der Waals surface area contributed by atoms with Gasteiger partial charge in [-0.2, -0.15) is 0 Å². The Balaban J connectivity index is 2.28. The molecule has 1 heterocycles. The fraction of sp³-hybridized carbons (Fsp3) is 0.909. The smallest absolute Gasteiger partial charge is 0.303 e. The van der Waals surface area contributed by atoms with E-state index >= 15 is 0 Å². The van der Waals surface area contributed by atoms with E-state index in [2.05, 4.69) is 15.9 Å². The van der Waals surface area contributed by atoms with Crippen LogP contribution < -0.4 is 0 Å². The summed E-state index contributed by atoms with van der Waals surface area (Å²) in [5, 5.41) is 9.27. The van der Waals surface area contributed by atoms with Crippen LogP contribution in [0.25, 0.3) is 0 Å². The van der Waals surface area contributed by atoms with Gasteiger partial charge in [-0.25, -0.2) is 0 Å². The molecule has 0 bridgehead atoms. The zero-order valence-corrected chi connectivity index (χ0v) is 11.3. The van der Waals surface area contributed by atoms with E-state index in [4.69, 9.17) is 14.6 Å². The van der Waals surface area contributed by atoms with Crippen LogP contribution in [-0.2, 0) is 14.3 Å². The molecule has 0 aliphatic carbocycles. The van der Waals surface area contributed by atoms with Crippen LogP contribution in [0.5, 0.6) is 0 Å². The maximum Gasteiger partial charge on any atom is 0.303 e. The molecular formula is C11H19BrO4. The number of hydrogen-bond acceptors (Lipinski definition) is 3. The number of aliphatic carboxylic acids is 1. The van der Waals surface area contributed by atoms with E-state index in [1.54, 1.807) is 0 Å². The zero-order chi connectivity index (χ0) is 12.2. The average Bonchev–Trinajstić information content (AvgIpc) is 2.48. The van der Waals surface area contributed by atoms with Crippen LogP contribution >= 0.6 is 15.9 Å². The molecule has 4 nitrogen and oxygen atoms in total. The summed E-state index contributed by atoms with van der Waals surface area (Å²) < 4.78 is 11.5. The molecule has 0 radical (unpaired) electrons. The second-order valence-corrected chi connectivity index (χ2v) is 5.15. The van der Waals surface area contributed by atoms with Crippen molar-refractivity contribution in [1.29, 1.82) is 0 Å². The van der Waals surface area contributed by atoms with E-state index in [1.165, 1.54) is 0 Å². The maximum atomic E-state index is 10.4. The van der Waals surface area contributed by atoms with Gasteiger partial charge in [0.2, 0.25) is 0 Å². The van der Waals surface area contributed by atoms with Crippen LogP contribution in [0, 0.1) is 0 Å². The standard InChI is InChI=1S/C11H19BrO4/c1-11(2)15-8(9(7-12)16-11)5-3-4-6-10(13)14/h8-9H,3-7H2,1-2H3,(H,13,14)/t8-,9-/m0/s1. The number of carbonyl (C=O) groups is 1. The molecule has 0 aromatic carbocycles. The molecule has 1 aliphatic rings. The highest BCUT2D eigenvalue weighted by molar-refractivity contribution is 9.09. The van der Waals surface area contributed by atoms with Gasteiger partial charge in [0, 0.05) is 11.8 Å². The summed E-state index contributed by atoms with van der Waals surface area (Å²) in [5.41, 5.74) is 0. The molecule has 2 atom stereocenters. The lowest BCUT2D eigenvalue weighted by molar-refractivity contribution is -0.145. The van der Waals surface area contributed by atoms with Gasteiger partial charge in [0.15, 0.2) is 5.79 Å². The molecule has 1 aliphatic heterocycles. The van der Waals surface area contributed by atoms with Gasteiger partial charge in [-0.1, -0.05) is 22.4 Å². The first kappa shape index (κ1) is 13.9. The van der Waals surface area contributed by atoms with Gasteiger partial charge < -0.3 is 14.6 Å². The van der Waals surface area contributed by atoms with Crippen molar-refractivity contribution in [2.75, 3.05) is 5.33 Å². The second kappa shape index (κ2) is 5.98. The van der Waals surface area contributed by atoms with Crippen molar-refractivity contribution in [3.8, 4) is 0 Å². The highest BCUT2D eigenvalue weighted by Crippen LogP contribution is 2.31. The number of carboxylic acids is 1. The molecule has 5 heteroatoms. The van der Waals surface area contributed by atoms with Crippen molar-refractivity contribution < 1.29 is 19.4 Å². The molecular weight excluding hydrogens is 276 g/mol. The van der Waals surface area contributed by atoms with E-state index in [0.29, 0.717) is 6.42 Å². The Bertz CT molecular complexity index is 242. The van der Waals surface area contributed by atoms with Crippen LogP contribution in [0.15, 0.2) is 0 Å². The Kier molecular flexibility index (Phi) is 5.21. The van der Waals surface area contributed by atoms with Crippen molar-refractivity contribution in [3.05, 3.63) is 0 Å². The third kappa shape index (κ3) is 4.39. The maximum absolute atomic E-state index is 10.4. The summed E-state index contributed by atoms with van der Waals surface area (Å²) in [6.07, 6.45) is 2.79. The Labute approximate surface area is 104 Å². The summed E-state index contributed by atoms with van der Waals surface area (Å²) in [6.45, 7) is 3.81. The minimum absolute atomic E-state index is 0.0693. The first-order valence-corrected chi connectivity index (χ1v) is 6.70. The first-order valence-electron chi connectivity index (χ1n) is 5.58. The normalized spacial score (nSPS) is 28.2. The van der Waals surface area contributed by atoms with E-state index in [9.17, 15) is 4.79 Å². The van der Waals surface area contributed by atoms with Gasteiger partial charge in [0.25, 0.3) is 0 Å². The molecule has 1 saturated heterocycles. The Morgan fingerprint density at radius 1 is 1.31 bits per heavy atom. The number of carboxylic acid groups (broad SMARTS) is 1. The minimum Gasteiger partial charge on any atom is -0.481 e. The third-order valence-corrected chi connectivity index (χ3v) is 3.20. The van der Waals surface area contributed by atoms with E-state index in [0.717, 1.165) is 18.2 Å². The monoisotopic (exact) mass is 294 g/mol. The lowest BCUT2D eigenvalue weighted by Crippen LogP contribution is -2.23. The van der Waals surface area contributed by atoms with Crippen molar-refractivity contribution in [2.24, 2.45) is 0 Å². The van der Waals surface area contributed by atoms with E-state index < -0.39 is 11.8 Å². The number of alkyl halides is 1. The molecule has 1 N–H and O–H groups in total. The van der Waals surface area contributed by atoms with Crippen LogP contribution in [0.2, 0.25) is 0 Å². The highest BCUT2D eigenvalue weighted by atomic mass is 79.9. The zero-order valence-electron chi connectivity index (χ0n) is 9.74. The molecule has 0 aromatic heterocycles. The Morgan fingerprint density at radius 3 is 2.50 bits per heavy atom. The number of halogens is 1. The fourth-order valence-corrected chi connectivity index (χ4v) is 2.46. The molecule has 0 saturated carbocycles. The number of unbranched alkanes of at least 4 members (excludes halogenated alkanes) is 1. The van der Waals surface area contributed by atoms with Crippen molar-refractivity contribution >= 4 is 21.9 Å². The molecule has 0 aromatic rings. The molecule has 1 rings (SSSR count). The van der Waals surface area contributed by atoms with Crippen molar-refractivity contribution in [1.82, 2.24) is 0 Å². The highest BCUT2D eigenvalue weighted by Gasteiger charge is 2.39. The number of ether oxygens (including phenoxy) is 2. The van der Waals surface area contributed by atoms with Gasteiger partial charge in [-0.3, -0.25) is 4.79 Å². The van der Waals surface area contributed by atoms with Crippen LogP contribution in [-0.4, -0.2) is 34.4 Å². The summed E-state index contributed by atoms with van der Waals surface area (Å²) >= 11 is 3.40. The van der Waals surface area contributed by atoms with E-state index in [1.807, 2.05) is 13.8 Å². The summed E-state index contributed by atoms with van der Waals surface area (Å²) in [6, 6.07) is 0. The van der Waals surface area contributed by atoms with Gasteiger partial charge >= 0.3 is 5.97 Å². The third-order valence-electron chi connectivity index (χ3n) is 2.57. The number of rotatable bonds is 6. The topological polar surface area (TPSA) is 55.8 Å². The molecule has 94 valence electrons. The Morgan fingerprint density at radius 2 is 1.94 bits per heavy atom. The molecule has 0 unspecified atom stereocenters. The average molecular weight is 295 g/mol. The van der Waals surface area contributed by atoms with Crippen LogP contribution in [0.3, 0.4) is 0 Å². The fourth-order valence-electron chi connectivity index (χ4n) is 1.91. The lowest BCUT2D eigenvalue weighted by atomic mass is 10.1. The van der Waals surface area contributed by atoms with Crippen LogP contribution in [0.1, 0.15) is 39.5 Å². The van der Waals surface area contributed by atoms with Gasteiger partial charge in [-0.15, -0.1) is 0 Å². The second-order valence-electron chi connectivity index (χ2n) is 4.51. The van der Waals surface area contributed by atoms with Crippen LogP contribution in [0.4, 0.5) is 0 Å². The Hall–Kier alpha value is -0.130. The van der Waals surface area contributed by atoms with Crippen molar-refractivity contribution in [3.63, 3.8) is 0 Å². The van der Waals surface area contributed by atoms with E-state index in [-0.39, 0.29) is 18.6 Å². The molecule has 0 spiro atoms. The molecule has 1 fully saturated rings. The van der Waals surface area contributed by atoms with Gasteiger partial charge in [-0.05, 0) is 26.7 Å². The summed E-state index contributed by atoms with van der Waals surface area (Å²) in [7, 11) is 0. The summed E-state index contributed by atoms with van der Waals surface area (Å²) in [4.78, 5) is 10.4. The predicted molar refractivity (Wildman–Crippen MR) is 63.7 cm³/mol. The van der Waals surface area contributed by atoms with Gasteiger partial charge in [0.1, 0.15) is 0 Å². The molecule has 0 amide bonds. The number of hydrogen-bond donors (Lipinski definition) is 1.